The molecule has 3 N–H and O–H groups in total. The second-order valence-electron chi connectivity index (χ2n) is 5.08. The van der Waals surface area contributed by atoms with Gasteiger partial charge in [0.2, 0.25) is 11.8 Å². The van der Waals surface area contributed by atoms with Gasteiger partial charge < -0.3 is 16.0 Å². The third-order valence-electron chi connectivity index (χ3n) is 2.91. The predicted octanol–water partition coefficient (Wildman–Crippen LogP) is 2.14. The van der Waals surface area contributed by atoms with Crippen molar-refractivity contribution in [2.75, 3.05) is 24.2 Å². The summed E-state index contributed by atoms with van der Waals surface area (Å²) in [5.41, 5.74) is 2.39. The number of anilines is 2. The number of amides is 2. The summed E-state index contributed by atoms with van der Waals surface area (Å²) in [6, 6.07) is 5.50. The van der Waals surface area contributed by atoms with E-state index in [9.17, 15) is 9.59 Å². The number of hydrogen-bond acceptors (Lipinski definition) is 3. The van der Waals surface area contributed by atoms with Crippen molar-refractivity contribution in [3.05, 3.63) is 23.8 Å². The zero-order valence-electron chi connectivity index (χ0n) is 12.5. The first-order valence-electron chi connectivity index (χ1n) is 6.80. The van der Waals surface area contributed by atoms with Gasteiger partial charge in [-0.05, 0) is 31.7 Å². The minimum atomic E-state index is -0.0787. The summed E-state index contributed by atoms with van der Waals surface area (Å²) in [5.74, 6) is -0.166. The lowest BCUT2D eigenvalue weighted by molar-refractivity contribution is -0.119. The normalized spacial score (nSPS) is 10.4. The summed E-state index contributed by atoms with van der Waals surface area (Å²) >= 11 is 0. The van der Waals surface area contributed by atoms with Crippen LogP contribution in [0.15, 0.2) is 18.2 Å². The summed E-state index contributed by atoms with van der Waals surface area (Å²) in [6.07, 6.45) is 0.415. The zero-order chi connectivity index (χ0) is 15.1. The molecule has 1 rings (SSSR count). The Bertz CT molecular complexity index is 484. The molecule has 2 amide bonds. The summed E-state index contributed by atoms with van der Waals surface area (Å²) in [7, 11) is 1.81. The molecule has 20 heavy (non-hydrogen) atoms. The molecule has 0 aliphatic carbocycles. The Balaban J connectivity index is 2.76. The van der Waals surface area contributed by atoms with E-state index in [4.69, 9.17) is 0 Å². The average Bonchev–Trinajstić information content (AvgIpc) is 2.40. The Morgan fingerprint density at radius 1 is 1.20 bits per heavy atom. The molecule has 0 unspecified atom stereocenters. The molecule has 0 aromatic heterocycles. The zero-order valence-corrected chi connectivity index (χ0v) is 12.5. The van der Waals surface area contributed by atoms with Gasteiger partial charge in [-0.3, -0.25) is 9.59 Å². The lowest BCUT2D eigenvalue weighted by Gasteiger charge is -2.12. The maximum atomic E-state index is 11.7. The van der Waals surface area contributed by atoms with Crippen molar-refractivity contribution < 1.29 is 9.59 Å². The van der Waals surface area contributed by atoms with Gasteiger partial charge in [0.25, 0.3) is 0 Å². The number of carbonyl (C=O) groups excluding carboxylic acids is 2. The molecule has 1 aromatic carbocycles. The van der Waals surface area contributed by atoms with Crippen molar-refractivity contribution in [2.24, 2.45) is 5.92 Å². The largest absolute Gasteiger partial charge is 0.326 e. The molecular formula is C15H23N3O2. The van der Waals surface area contributed by atoms with Crippen molar-refractivity contribution in [2.45, 2.75) is 27.2 Å². The maximum Gasteiger partial charge on any atom is 0.226 e. The molecule has 110 valence electrons. The standard InChI is InChI=1S/C15H23N3O2/c1-10(2)15(20)17-12-6-5-11(3)13(9-12)18-14(19)7-8-16-4/h5-6,9-10,16H,7-8H2,1-4H3,(H,17,20)(H,18,19). The fourth-order valence-electron chi connectivity index (χ4n) is 1.57. The summed E-state index contributed by atoms with van der Waals surface area (Å²) in [6.45, 7) is 6.23. The van der Waals surface area contributed by atoms with Crippen LogP contribution in [0.2, 0.25) is 0 Å². The van der Waals surface area contributed by atoms with E-state index in [1.807, 2.05) is 32.9 Å². The molecule has 0 saturated carbocycles. The summed E-state index contributed by atoms with van der Waals surface area (Å²) < 4.78 is 0. The highest BCUT2D eigenvalue weighted by Gasteiger charge is 2.09. The molecule has 0 spiro atoms. The Hall–Kier alpha value is -1.88. The minimum Gasteiger partial charge on any atom is -0.326 e. The number of aryl methyl sites for hydroxylation is 1. The molecule has 0 saturated heterocycles. The molecule has 0 bridgehead atoms. The van der Waals surface area contributed by atoms with Crippen molar-refractivity contribution in [1.29, 1.82) is 0 Å². The molecule has 0 heterocycles. The van der Waals surface area contributed by atoms with Gasteiger partial charge in [-0.15, -0.1) is 0 Å². The molecule has 0 fully saturated rings. The van der Waals surface area contributed by atoms with Crippen LogP contribution in [0.25, 0.3) is 0 Å². The van der Waals surface area contributed by atoms with E-state index in [0.717, 1.165) is 11.3 Å². The highest BCUT2D eigenvalue weighted by molar-refractivity contribution is 5.95. The van der Waals surface area contributed by atoms with E-state index in [-0.39, 0.29) is 17.7 Å². The summed E-state index contributed by atoms with van der Waals surface area (Å²) in [5, 5.41) is 8.61. The smallest absolute Gasteiger partial charge is 0.226 e. The minimum absolute atomic E-state index is 0.0405. The SMILES string of the molecule is CNCCC(=O)Nc1cc(NC(=O)C(C)C)ccc1C. The van der Waals surface area contributed by atoms with E-state index in [0.29, 0.717) is 18.7 Å². The van der Waals surface area contributed by atoms with Crippen molar-refractivity contribution in [3.8, 4) is 0 Å². The Labute approximate surface area is 120 Å². The third kappa shape index (κ3) is 5.01. The fraction of sp³-hybridized carbons (Fsp3) is 0.467. The van der Waals surface area contributed by atoms with Gasteiger partial charge in [-0.1, -0.05) is 19.9 Å². The van der Waals surface area contributed by atoms with E-state index in [1.54, 1.807) is 13.1 Å². The molecule has 0 atom stereocenters. The Morgan fingerprint density at radius 2 is 1.90 bits per heavy atom. The monoisotopic (exact) mass is 277 g/mol. The number of nitrogens with one attached hydrogen (secondary N) is 3. The van der Waals surface area contributed by atoms with Crippen LogP contribution in [0.1, 0.15) is 25.8 Å². The van der Waals surface area contributed by atoms with Gasteiger partial charge >= 0.3 is 0 Å². The Kier molecular flexibility index (Phi) is 6.18. The van der Waals surface area contributed by atoms with Crippen molar-refractivity contribution in [1.82, 2.24) is 5.32 Å². The van der Waals surface area contributed by atoms with Crippen LogP contribution in [0.4, 0.5) is 11.4 Å². The van der Waals surface area contributed by atoms with Gasteiger partial charge in [0.05, 0.1) is 0 Å². The van der Waals surface area contributed by atoms with Gasteiger partial charge in [0, 0.05) is 30.3 Å². The molecule has 5 heteroatoms. The number of hydrogen-bond donors (Lipinski definition) is 3. The van der Waals surface area contributed by atoms with Crippen molar-refractivity contribution in [3.63, 3.8) is 0 Å². The first-order chi connectivity index (χ1) is 9.43. The quantitative estimate of drug-likeness (QED) is 0.746. The third-order valence-corrected chi connectivity index (χ3v) is 2.91. The average molecular weight is 277 g/mol. The van der Waals surface area contributed by atoms with E-state index >= 15 is 0 Å². The van der Waals surface area contributed by atoms with Crippen LogP contribution in [0.5, 0.6) is 0 Å². The van der Waals surface area contributed by atoms with E-state index in [2.05, 4.69) is 16.0 Å². The van der Waals surface area contributed by atoms with Crippen LogP contribution in [0.3, 0.4) is 0 Å². The van der Waals surface area contributed by atoms with E-state index in [1.165, 1.54) is 0 Å². The number of rotatable bonds is 6. The van der Waals surface area contributed by atoms with E-state index < -0.39 is 0 Å². The fourth-order valence-corrected chi connectivity index (χ4v) is 1.57. The number of benzene rings is 1. The lowest BCUT2D eigenvalue weighted by Crippen LogP contribution is -2.20. The van der Waals surface area contributed by atoms with Crippen LogP contribution in [0, 0.1) is 12.8 Å². The maximum absolute atomic E-state index is 11.7. The molecule has 5 nitrogen and oxygen atoms in total. The molecule has 0 radical (unpaired) electrons. The highest BCUT2D eigenvalue weighted by atomic mass is 16.2. The van der Waals surface area contributed by atoms with Gasteiger partial charge in [0.1, 0.15) is 0 Å². The van der Waals surface area contributed by atoms with Gasteiger partial charge in [0.15, 0.2) is 0 Å². The van der Waals surface area contributed by atoms with Crippen LogP contribution in [-0.2, 0) is 9.59 Å². The van der Waals surface area contributed by atoms with Crippen molar-refractivity contribution >= 4 is 23.2 Å². The summed E-state index contributed by atoms with van der Waals surface area (Å²) in [4.78, 5) is 23.4. The van der Waals surface area contributed by atoms with Crippen LogP contribution < -0.4 is 16.0 Å². The van der Waals surface area contributed by atoms with Crippen LogP contribution in [-0.4, -0.2) is 25.4 Å². The second kappa shape index (κ2) is 7.65. The Morgan fingerprint density at radius 3 is 2.50 bits per heavy atom. The van der Waals surface area contributed by atoms with Crippen LogP contribution >= 0.6 is 0 Å². The molecular weight excluding hydrogens is 254 g/mol. The number of carbonyl (C=O) groups is 2. The topological polar surface area (TPSA) is 70.2 Å². The highest BCUT2D eigenvalue weighted by Crippen LogP contribution is 2.21. The first-order valence-corrected chi connectivity index (χ1v) is 6.80. The molecule has 1 aromatic rings. The van der Waals surface area contributed by atoms with Gasteiger partial charge in [-0.2, -0.15) is 0 Å². The lowest BCUT2D eigenvalue weighted by atomic mass is 10.1. The predicted molar refractivity (Wildman–Crippen MR) is 81.8 cm³/mol. The first kappa shape index (κ1) is 16.2. The molecule has 0 aliphatic rings. The second-order valence-corrected chi connectivity index (χ2v) is 5.08. The molecule has 0 aliphatic heterocycles. The van der Waals surface area contributed by atoms with Gasteiger partial charge in [-0.25, -0.2) is 0 Å².